The SMILES string of the molecule is Cc1ccc(S(=O)(=O)Nc2ncc(C(=O)NC(C)C(C)C)nc2OCc2cccnc2)cc1. The third kappa shape index (κ3) is 6.48. The molecule has 33 heavy (non-hydrogen) atoms. The lowest BCUT2D eigenvalue weighted by Crippen LogP contribution is -2.36. The number of carbonyl (C=O) groups excluding carboxylic acids is 1. The number of hydrogen-bond donors (Lipinski definition) is 2. The first kappa shape index (κ1) is 24.1. The van der Waals surface area contributed by atoms with E-state index in [1.54, 1.807) is 36.7 Å². The first-order valence-electron chi connectivity index (χ1n) is 10.4. The van der Waals surface area contributed by atoms with Crippen molar-refractivity contribution in [1.29, 1.82) is 0 Å². The zero-order valence-corrected chi connectivity index (χ0v) is 19.8. The molecule has 0 aliphatic heterocycles. The number of rotatable bonds is 9. The Morgan fingerprint density at radius 1 is 1.09 bits per heavy atom. The molecule has 2 heterocycles. The van der Waals surface area contributed by atoms with E-state index in [1.165, 1.54) is 18.3 Å². The van der Waals surface area contributed by atoms with Crippen LogP contribution in [0.5, 0.6) is 5.88 Å². The third-order valence-electron chi connectivity index (χ3n) is 4.99. The van der Waals surface area contributed by atoms with Crippen molar-refractivity contribution in [3.63, 3.8) is 0 Å². The van der Waals surface area contributed by atoms with E-state index in [1.807, 2.05) is 27.7 Å². The van der Waals surface area contributed by atoms with Crippen molar-refractivity contribution in [3.8, 4) is 5.88 Å². The molecule has 0 spiro atoms. The Hall–Kier alpha value is -3.53. The summed E-state index contributed by atoms with van der Waals surface area (Å²) in [6.45, 7) is 7.79. The van der Waals surface area contributed by atoms with E-state index in [4.69, 9.17) is 4.74 Å². The summed E-state index contributed by atoms with van der Waals surface area (Å²) in [4.78, 5) is 25.1. The van der Waals surface area contributed by atoms with Gasteiger partial charge in [-0.15, -0.1) is 0 Å². The number of nitrogens with one attached hydrogen (secondary N) is 2. The van der Waals surface area contributed by atoms with E-state index in [0.29, 0.717) is 0 Å². The average molecular weight is 470 g/mol. The standard InChI is InChI=1S/C23H27N5O4S/c1-15(2)17(4)26-22(29)20-13-25-21(23(27-20)32-14-18-6-5-11-24-12-18)28-33(30,31)19-9-7-16(3)8-10-19/h5-13,15,17H,14H2,1-4H3,(H,25,28)(H,26,29). The highest BCUT2D eigenvalue weighted by Crippen LogP contribution is 2.24. The van der Waals surface area contributed by atoms with Crippen LogP contribution in [0, 0.1) is 12.8 Å². The fourth-order valence-corrected chi connectivity index (χ4v) is 3.65. The Morgan fingerprint density at radius 2 is 1.82 bits per heavy atom. The summed E-state index contributed by atoms with van der Waals surface area (Å²) < 4.78 is 33.9. The van der Waals surface area contributed by atoms with E-state index in [9.17, 15) is 13.2 Å². The second-order valence-corrected chi connectivity index (χ2v) is 9.67. The van der Waals surface area contributed by atoms with Crippen LogP contribution in [0.25, 0.3) is 0 Å². The van der Waals surface area contributed by atoms with Crippen LogP contribution >= 0.6 is 0 Å². The summed E-state index contributed by atoms with van der Waals surface area (Å²) in [6.07, 6.45) is 4.46. The van der Waals surface area contributed by atoms with Gasteiger partial charge < -0.3 is 10.1 Å². The molecule has 9 nitrogen and oxygen atoms in total. The highest BCUT2D eigenvalue weighted by Gasteiger charge is 2.22. The van der Waals surface area contributed by atoms with E-state index in [2.05, 4.69) is 25.0 Å². The van der Waals surface area contributed by atoms with Crippen LogP contribution < -0.4 is 14.8 Å². The molecule has 3 aromatic rings. The predicted octanol–water partition coefficient (Wildman–Crippen LogP) is 3.33. The van der Waals surface area contributed by atoms with Crippen LogP contribution in [0.2, 0.25) is 0 Å². The topological polar surface area (TPSA) is 123 Å². The van der Waals surface area contributed by atoms with Crippen LogP contribution in [-0.4, -0.2) is 35.3 Å². The molecule has 0 radical (unpaired) electrons. The Kier molecular flexibility index (Phi) is 7.59. The maximum atomic E-state index is 12.9. The number of aryl methyl sites for hydroxylation is 1. The number of benzene rings is 1. The monoisotopic (exact) mass is 469 g/mol. The zero-order valence-electron chi connectivity index (χ0n) is 18.9. The van der Waals surface area contributed by atoms with Gasteiger partial charge in [0.15, 0.2) is 5.69 Å². The molecule has 0 aliphatic carbocycles. The largest absolute Gasteiger partial charge is 0.470 e. The van der Waals surface area contributed by atoms with Crippen LogP contribution in [0.15, 0.2) is 59.9 Å². The van der Waals surface area contributed by atoms with Crippen molar-refractivity contribution in [2.24, 2.45) is 5.92 Å². The lowest BCUT2D eigenvalue weighted by molar-refractivity contribution is 0.0923. The normalized spacial score (nSPS) is 12.3. The van der Waals surface area contributed by atoms with Crippen molar-refractivity contribution in [3.05, 3.63) is 71.8 Å². The first-order valence-corrected chi connectivity index (χ1v) is 11.9. The molecule has 0 aliphatic rings. The molecule has 1 aromatic carbocycles. The van der Waals surface area contributed by atoms with Gasteiger partial charge in [0.2, 0.25) is 5.82 Å². The second kappa shape index (κ2) is 10.4. The van der Waals surface area contributed by atoms with Gasteiger partial charge in [-0.1, -0.05) is 37.6 Å². The number of ether oxygens (including phenoxy) is 1. The number of pyridine rings is 1. The first-order chi connectivity index (χ1) is 15.7. The summed E-state index contributed by atoms with van der Waals surface area (Å²) in [6, 6.07) is 9.86. The van der Waals surface area contributed by atoms with Crippen LogP contribution in [0.4, 0.5) is 5.82 Å². The summed E-state index contributed by atoms with van der Waals surface area (Å²) in [7, 11) is -3.94. The minimum absolute atomic E-state index is 0.0157. The molecular weight excluding hydrogens is 442 g/mol. The van der Waals surface area contributed by atoms with E-state index in [-0.39, 0.29) is 40.9 Å². The van der Waals surface area contributed by atoms with Crippen molar-refractivity contribution in [2.75, 3.05) is 4.72 Å². The van der Waals surface area contributed by atoms with Gasteiger partial charge in [0.05, 0.1) is 11.1 Å². The minimum atomic E-state index is -3.94. The van der Waals surface area contributed by atoms with Crippen LogP contribution in [0.1, 0.15) is 42.4 Å². The molecule has 2 N–H and O–H groups in total. The fraction of sp³-hybridized carbons (Fsp3) is 0.304. The summed E-state index contributed by atoms with van der Waals surface area (Å²) >= 11 is 0. The molecule has 2 aromatic heterocycles. The Bertz CT molecular complexity index is 1200. The smallest absolute Gasteiger partial charge is 0.271 e. The molecule has 0 bridgehead atoms. The van der Waals surface area contributed by atoms with Gasteiger partial charge in [-0.05, 0) is 38.0 Å². The maximum absolute atomic E-state index is 12.9. The van der Waals surface area contributed by atoms with Gasteiger partial charge in [0.1, 0.15) is 6.61 Å². The Labute approximate surface area is 193 Å². The number of carbonyl (C=O) groups is 1. The van der Waals surface area contributed by atoms with Gasteiger partial charge in [-0.2, -0.15) is 0 Å². The highest BCUT2D eigenvalue weighted by atomic mass is 32.2. The fourth-order valence-electron chi connectivity index (χ4n) is 2.64. The van der Waals surface area contributed by atoms with Crippen LogP contribution in [-0.2, 0) is 16.6 Å². The van der Waals surface area contributed by atoms with Gasteiger partial charge >= 0.3 is 0 Å². The number of amides is 1. The highest BCUT2D eigenvalue weighted by molar-refractivity contribution is 7.92. The van der Waals surface area contributed by atoms with Gasteiger partial charge in [0, 0.05) is 24.0 Å². The molecule has 1 amide bonds. The van der Waals surface area contributed by atoms with E-state index >= 15 is 0 Å². The summed E-state index contributed by atoms with van der Waals surface area (Å²) in [5, 5.41) is 2.85. The molecule has 0 fully saturated rings. The second-order valence-electron chi connectivity index (χ2n) is 7.98. The summed E-state index contributed by atoms with van der Waals surface area (Å²) in [5.41, 5.74) is 1.69. The number of anilines is 1. The van der Waals surface area contributed by atoms with Crippen molar-refractivity contribution in [1.82, 2.24) is 20.3 Å². The number of nitrogens with zero attached hydrogens (tertiary/aromatic N) is 3. The molecule has 3 rings (SSSR count). The number of sulfonamides is 1. The Balaban J connectivity index is 1.90. The van der Waals surface area contributed by atoms with Gasteiger partial charge in [0.25, 0.3) is 21.8 Å². The van der Waals surface area contributed by atoms with E-state index < -0.39 is 15.9 Å². The van der Waals surface area contributed by atoms with Crippen LogP contribution in [0.3, 0.4) is 0 Å². The Morgan fingerprint density at radius 3 is 2.45 bits per heavy atom. The number of aromatic nitrogens is 3. The molecule has 1 atom stereocenters. The van der Waals surface area contributed by atoms with Gasteiger partial charge in [-0.3, -0.25) is 14.5 Å². The quantitative estimate of drug-likeness (QED) is 0.493. The van der Waals surface area contributed by atoms with Crippen molar-refractivity contribution in [2.45, 2.75) is 45.2 Å². The van der Waals surface area contributed by atoms with Crippen molar-refractivity contribution < 1.29 is 17.9 Å². The van der Waals surface area contributed by atoms with E-state index in [0.717, 1.165) is 11.1 Å². The zero-order chi connectivity index (χ0) is 24.0. The summed E-state index contributed by atoms with van der Waals surface area (Å²) in [5.74, 6) is -0.431. The molecule has 1 unspecified atom stereocenters. The third-order valence-corrected chi connectivity index (χ3v) is 6.35. The molecule has 10 heteroatoms. The lowest BCUT2D eigenvalue weighted by atomic mass is 10.1. The molecule has 0 saturated heterocycles. The molecule has 174 valence electrons. The number of hydrogen-bond acceptors (Lipinski definition) is 7. The maximum Gasteiger partial charge on any atom is 0.271 e. The lowest BCUT2D eigenvalue weighted by Gasteiger charge is -2.18. The predicted molar refractivity (Wildman–Crippen MR) is 124 cm³/mol. The average Bonchev–Trinajstić information content (AvgIpc) is 2.79. The van der Waals surface area contributed by atoms with Crippen molar-refractivity contribution >= 4 is 21.7 Å². The molecular formula is C23H27N5O4S. The molecule has 0 saturated carbocycles. The minimum Gasteiger partial charge on any atom is -0.470 e. The van der Waals surface area contributed by atoms with Gasteiger partial charge in [-0.25, -0.2) is 18.4 Å².